The largest absolute Gasteiger partial charge is 0.367 e. The summed E-state index contributed by atoms with van der Waals surface area (Å²) in [6.07, 6.45) is 6.55. The summed E-state index contributed by atoms with van der Waals surface area (Å²) in [5, 5.41) is 11.2. The summed E-state index contributed by atoms with van der Waals surface area (Å²) in [5.74, 6) is 1.01. The van der Waals surface area contributed by atoms with Crippen molar-refractivity contribution in [1.29, 1.82) is 0 Å². The lowest BCUT2D eigenvalue weighted by atomic mass is 10.3. The number of aromatic amines is 1. The molecule has 0 fully saturated rings. The molecule has 0 saturated carbocycles. The summed E-state index contributed by atoms with van der Waals surface area (Å²) < 4.78 is 1.94. The summed E-state index contributed by atoms with van der Waals surface area (Å²) in [6, 6.07) is 2.06. The molecule has 2 rings (SSSR count). The Morgan fingerprint density at radius 3 is 3.13 bits per heavy atom. The van der Waals surface area contributed by atoms with Gasteiger partial charge in [0, 0.05) is 39.0 Å². The maximum absolute atomic E-state index is 4.02. The SMILES string of the molecule is Cn1cnnc1CCNCc1cc[nH]c1. The van der Waals surface area contributed by atoms with Crippen LogP contribution in [-0.2, 0) is 20.0 Å². The number of hydrogen-bond donors (Lipinski definition) is 2. The maximum Gasteiger partial charge on any atom is 0.133 e. The fourth-order valence-corrected chi connectivity index (χ4v) is 1.43. The third kappa shape index (κ3) is 2.66. The van der Waals surface area contributed by atoms with Crippen molar-refractivity contribution in [2.45, 2.75) is 13.0 Å². The summed E-state index contributed by atoms with van der Waals surface area (Å²) in [4.78, 5) is 3.03. The molecule has 0 amide bonds. The lowest BCUT2D eigenvalue weighted by Crippen LogP contribution is -2.17. The van der Waals surface area contributed by atoms with Crippen LogP contribution >= 0.6 is 0 Å². The topological polar surface area (TPSA) is 58.5 Å². The van der Waals surface area contributed by atoms with E-state index in [1.807, 2.05) is 24.0 Å². The highest BCUT2D eigenvalue weighted by Crippen LogP contribution is 1.96. The van der Waals surface area contributed by atoms with Crippen LogP contribution in [0.3, 0.4) is 0 Å². The Morgan fingerprint density at radius 2 is 2.47 bits per heavy atom. The van der Waals surface area contributed by atoms with Crippen molar-refractivity contribution in [3.63, 3.8) is 0 Å². The maximum atomic E-state index is 4.02. The standard InChI is InChI=1S/C10H15N5/c1-15-8-13-14-10(15)3-5-12-7-9-2-4-11-6-9/h2,4,6,8,11-12H,3,5,7H2,1H3. The van der Waals surface area contributed by atoms with Gasteiger partial charge in [0.1, 0.15) is 12.2 Å². The summed E-state index contributed by atoms with van der Waals surface area (Å²) >= 11 is 0. The van der Waals surface area contributed by atoms with Crippen LogP contribution < -0.4 is 5.32 Å². The summed E-state index contributed by atoms with van der Waals surface area (Å²) in [5.41, 5.74) is 1.27. The van der Waals surface area contributed by atoms with Crippen molar-refractivity contribution in [1.82, 2.24) is 25.1 Å². The Morgan fingerprint density at radius 1 is 1.53 bits per heavy atom. The lowest BCUT2D eigenvalue weighted by Gasteiger charge is -2.02. The number of rotatable bonds is 5. The van der Waals surface area contributed by atoms with Crippen LogP contribution in [0, 0.1) is 0 Å². The highest BCUT2D eigenvalue weighted by molar-refractivity contribution is 5.07. The van der Waals surface area contributed by atoms with E-state index in [4.69, 9.17) is 0 Å². The Balaban J connectivity index is 1.70. The average Bonchev–Trinajstić information content (AvgIpc) is 2.85. The van der Waals surface area contributed by atoms with E-state index >= 15 is 0 Å². The first-order chi connectivity index (χ1) is 7.36. The minimum Gasteiger partial charge on any atom is -0.367 e. The van der Waals surface area contributed by atoms with Crippen molar-refractivity contribution in [2.24, 2.45) is 7.05 Å². The average molecular weight is 205 g/mol. The van der Waals surface area contributed by atoms with Crippen LogP contribution in [-0.4, -0.2) is 26.3 Å². The summed E-state index contributed by atoms with van der Waals surface area (Å²) in [6.45, 7) is 1.80. The molecule has 0 unspecified atom stereocenters. The van der Waals surface area contributed by atoms with Crippen LogP contribution in [0.4, 0.5) is 0 Å². The number of aromatic nitrogens is 4. The number of nitrogens with one attached hydrogen (secondary N) is 2. The first-order valence-electron chi connectivity index (χ1n) is 5.01. The normalized spacial score (nSPS) is 10.7. The van der Waals surface area contributed by atoms with Crippen molar-refractivity contribution in [3.05, 3.63) is 36.2 Å². The highest BCUT2D eigenvalue weighted by Gasteiger charge is 1.99. The Bertz CT molecular complexity index is 390. The van der Waals surface area contributed by atoms with Gasteiger partial charge in [0.25, 0.3) is 0 Å². The number of hydrogen-bond acceptors (Lipinski definition) is 3. The predicted molar refractivity (Wildman–Crippen MR) is 57.2 cm³/mol. The molecule has 15 heavy (non-hydrogen) atoms. The van der Waals surface area contributed by atoms with Gasteiger partial charge in [-0.05, 0) is 11.6 Å². The van der Waals surface area contributed by atoms with E-state index in [0.29, 0.717) is 0 Å². The predicted octanol–water partition coefficient (Wildman–Crippen LogP) is 0.475. The van der Waals surface area contributed by atoms with Crippen molar-refractivity contribution < 1.29 is 0 Å². The van der Waals surface area contributed by atoms with Gasteiger partial charge >= 0.3 is 0 Å². The first-order valence-corrected chi connectivity index (χ1v) is 5.01. The number of nitrogens with zero attached hydrogens (tertiary/aromatic N) is 3. The molecule has 0 aromatic carbocycles. The lowest BCUT2D eigenvalue weighted by molar-refractivity contribution is 0.654. The van der Waals surface area contributed by atoms with Gasteiger partial charge in [-0.25, -0.2) is 0 Å². The van der Waals surface area contributed by atoms with E-state index in [1.165, 1.54) is 5.56 Å². The third-order valence-corrected chi connectivity index (χ3v) is 2.32. The molecule has 2 aromatic rings. The van der Waals surface area contributed by atoms with Gasteiger partial charge in [0.2, 0.25) is 0 Å². The monoisotopic (exact) mass is 205 g/mol. The van der Waals surface area contributed by atoms with Crippen LogP contribution in [0.2, 0.25) is 0 Å². The highest BCUT2D eigenvalue weighted by atomic mass is 15.2. The zero-order valence-electron chi connectivity index (χ0n) is 8.77. The molecule has 80 valence electrons. The summed E-state index contributed by atoms with van der Waals surface area (Å²) in [7, 11) is 1.96. The van der Waals surface area contributed by atoms with Gasteiger partial charge in [-0.3, -0.25) is 0 Å². The number of aryl methyl sites for hydroxylation is 1. The second-order valence-electron chi connectivity index (χ2n) is 3.50. The third-order valence-electron chi connectivity index (χ3n) is 2.32. The first kappa shape index (κ1) is 9.92. The molecule has 2 N–H and O–H groups in total. The molecular formula is C10H15N5. The molecule has 0 bridgehead atoms. The zero-order chi connectivity index (χ0) is 10.5. The molecule has 0 radical (unpaired) electrons. The van der Waals surface area contributed by atoms with E-state index < -0.39 is 0 Å². The van der Waals surface area contributed by atoms with E-state index in [1.54, 1.807) is 6.33 Å². The molecular weight excluding hydrogens is 190 g/mol. The van der Waals surface area contributed by atoms with Crippen molar-refractivity contribution in [2.75, 3.05) is 6.54 Å². The minimum atomic E-state index is 0.890. The van der Waals surface area contributed by atoms with E-state index in [0.717, 1.165) is 25.3 Å². The van der Waals surface area contributed by atoms with Crippen LogP contribution in [0.1, 0.15) is 11.4 Å². The molecule has 0 saturated heterocycles. The molecule has 0 aliphatic heterocycles. The van der Waals surface area contributed by atoms with E-state index in [2.05, 4.69) is 26.6 Å². The fourth-order valence-electron chi connectivity index (χ4n) is 1.43. The quantitative estimate of drug-likeness (QED) is 0.698. The molecule has 0 aliphatic rings. The Kier molecular flexibility index (Phi) is 3.14. The second kappa shape index (κ2) is 4.75. The Labute approximate surface area is 88.5 Å². The minimum absolute atomic E-state index is 0.890. The van der Waals surface area contributed by atoms with Crippen LogP contribution in [0.15, 0.2) is 24.8 Å². The van der Waals surface area contributed by atoms with Gasteiger partial charge < -0.3 is 14.9 Å². The zero-order valence-corrected chi connectivity index (χ0v) is 8.77. The van der Waals surface area contributed by atoms with Gasteiger partial charge in [0.05, 0.1) is 0 Å². The Hall–Kier alpha value is -1.62. The van der Waals surface area contributed by atoms with Gasteiger partial charge in [-0.1, -0.05) is 0 Å². The van der Waals surface area contributed by atoms with Crippen molar-refractivity contribution >= 4 is 0 Å². The molecule has 5 nitrogen and oxygen atoms in total. The smallest absolute Gasteiger partial charge is 0.133 e. The van der Waals surface area contributed by atoms with E-state index in [-0.39, 0.29) is 0 Å². The molecule has 5 heteroatoms. The van der Waals surface area contributed by atoms with Crippen LogP contribution in [0.5, 0.6) is 0 Å². The van der Waals surface area contributed by atoms with E-state index in [9.17, 15) is 0 Å². The van der Waals surface area contributed by atoms with Gasteiger partial charge in [-0.15, -0.1) is 10.2 Å². The van der Waals surface area contributed by atoms with Crippen LogP contribution in [0.25, 0.3) is 0 Å². The molecule has 0 atom stereocenters. The van der Waals surface area contributed by atoms with Crippen molar-refractivity contribution in [3.8, 4) is 0 Å². The van der Waals surface area contributed by atoms with Gasteiger partial charge in [-0.2, -0.15) is 0 Å². The molecule has 2 aromatic heterocycles. The fraction of sp³-hybridized carbons (Fsp3) is 0.400. The second-order valence-corrected chi connectivity index (χ2v) is 3.50. The van der Waals surface area contributed by atoms with Gasteiger partial charge in [0.15, 0.2) is 0 Å². The molecule has 2 heterocycles. The molecule has 0 aliphatic carbocycles. The molecule has 0 spiro atoms. The number of H-pyrrole nitrogens is 1.